The number of hydrogen-bond donors (Lipinski definition) is 3. The molecule has 0 bridgehead atoms. The molecule has 2 aromatic rings. The van der Waals surface area contributed by atoms with E-state index in [2.05, 4.69) is 39.5 Å². The van der Waals surface area contributed by atoms with Crippen molar-refractivity contribution in [3.63, 3.8) is 0 Å². The number of halogens is 3. The van der Waals surface area contributed by atoms with E-state index in [0.717, 1.165) is 17.8 Å². The normalized spacial score (nSPS) is 14.8. The van der Waals surface area contributed by atoms with E-state index < -0.39 is 54.5 Å². The molecule has 3 heterocycles. The Labute approximate surface area is 210 Å². The summed E-state index contributed by atoms with van der Waals surface area (Å²) in [5.74, 6) is -3.54. The fourth-order valence-electron chi connectivity index (χ4n) is 3.79. The van der Waals surface area contributed by atoms with E-state index in [1.165, 1.54) is 18.3 Å². The fraction of sp³-hybridized carbons (Fsp3) is 0.500. The molecule has 3 rings (SSSR count). The summed E-state index contributed by atoms with van der Waals surface area (Å²) < 4.78 is 31.6. The summed E-state index contributed by atoms with van der Waals surface area (Å²) in [7, 11) is 0. The van der Waals surface area contributed by atoms with Gasteiger partial charge in [0.15, 0.2) is 11.4 Å². The highest BCUT2D eigenvalue weighted by Gasteiger charge is 2.32. The van der Waals surface area contributed by atoms with Gasteiger partial charge in [0.05, 0.1) is 5.02 Å². The van der Waals surface area contributed by atoms with Crippen molar-refractivity contribution in [2.75, 3.05) is 25.0 Å². The molecule has 1 aliphatic heterocycles. The average Bonchev–Trinajstić information content (AvgIpc) is 3.17. The van der Waals surface area contributed by atoms with Gasteiger partial charge in [-0.05, 0) is 38.8 Å². The first-order chi connectivity index (χ1) is 17.0. The van der Waals surface area contributed by atoms with Crippen LogP contribution in [0, 0.1) is 0 Å². The summed E-state index contributed by atoms with van der Waals surface area (Å²) in [6.45, 7) is 3.88. The number of carboxylic acids is 1. The maximum atomic E-state index is 13.2. The van der Waals surface area contributed by atoms with Crippen molar-refractivity contribution in [1.82, 2.24) is 25.0 Å². The minimum atomic E-state index is -2.93. The molecule has 0 spiro atoms. The van der Waals surface area contributed by atoms with E-state index in [-0.39, 0.29) is 11.9 Å². The van der Waals surface area contributed by atoms with Gasteiger partial charge in [0.1, 0.15) is 19.0 Å². The Kier molecular flexibility index (Phi) is 9.15. The molecule has 0 aliphatic carbocycles. The highest BCUT2D eigenvalue weighted by atomic mass is 35.5. The lowest BCUT2D eigenvalue weighted by Crippen LogP contribution is -2.47. The number of aromatic nitrogens is 3. The van der Waals surface area contributed by atoms with Crippen LogP contribution in [0.5, 0.6) is 5.75 Å². The monoisotopic (exact) mass is 528 g/mol. The number of hydrogen-bond acceptors (Lipinski definition) is 7. The summed E-state index contributed by atoms with van der Waals surface area (Å²) in [4.78, 5) is 43.8. The van der Waals surface area contributed by atoms with Gasteiger partial charge >= 0.3 is 5.97 Å². The summed E-state index contributed by atoms with van der Waals surface area (Å²) >= 11 is 5.78. The Hall–Kier alpha value is -3.32. The number of anilines is 1. The second-order valence-electron chi connectivity index (χ2n) is 8.48. The van der Waals surface area contributed by atoms with Gasteiger partial charge in [0, 0.05) is 31.4 Å². The first kappa shape index (κ1) is 27.3. The highest BCUT2D eigenvalue weighted by molar-refractivity contribution is 6.30. The number of piperidine rings is 1. The molecule has 2 amide bonds. The Morgan fingerprint density at radius 2 is 1.94 bits per heavy atom. The van der Waals surface area contributed by atoms with Crippen molar-refractivity contribution in [2.24, 2.45) is 0 Å². The lowest BCUT2D eigenvalue weighted by molar-refractivity contribution is -0.117. The smallest absolute Gasteiger partial charge is 0.360 e. The second kappa shape index (κ2) is 12.1. The molecular weight excluding hydrogens is 502 g/mol. The molecule has 0 saturated carbocycles. The lowest BCUT2D eigenvalue weighted by Gasteiger charge is -2.34. The van der Waals surface area contributed by atoms with E-state index in [9.17, 15) is 28.3 Å². The van der Waals surface area contributed by atoms with Gasteiger partial charge in [-0.15, -0.1) is 0 Å². The fourth-order valence-corrected chi connectivity index (χ4v) is 3.90. The molecule has 0 unspecified atom stereocenters. The maximum Gasteiger partial charge on any atom is 0.360 e. The third-order valence-electron chi connectivity index (χ3n) is 5.56. The van der Waals surface area contributed by atoms with Crippen molar-refractivity contribution < 1.29 is 33.0 Å². The zero-order valence-corrected chi connectivity index (χ0v) is 20.5. The van der Waals surface area contributed by atoms with Crippen molar-refractivity contribution in [3.05, 3.63) is 34.7 Å². The first-order valence-corrected chi connectivity index (χ1v) is 11.6. The minimum Gasteiger partial charge on any atom is -0.483 e. The van der Waals surface area contributed by atoms with Gasteiger partial charge in [-0.3, -0.25) is 9.59 Å². The van der Waals surface area contributed by atoms with Gasteiger partial charge in [0.25, 0.3) is 12.3 Å². The number of nitrogens with zero attached hydrogens (tertiary/aromatic N) is 4. The van der Waals surface area contributed by atoms with Crippen LogP contribution in [0.2, 0.25) is 5.02 Å². The largest absolute Gasteiger partial charge is 0.483 e. The van der Waals surface area contributed by atoms with E-state index in [1.807, 2.05) is 0 Å². The van der Waals surface area contributed by atoms with Gasteiger partial charge in [0.2, 0.25) is 11.6 Å². The number of nitrogens with one attached hydrogen (secondary N) is 2. The highest BCUT2D eigenvalue weighted by Crippen LogP contribution is 2.26. The predicted octanol–water partition coefficient (Wildman–Crippen LogP) is 2.51. The van der Waals surface area contributed by atoms with Crippen molar-refractivity contribution in [3.8, 4) is 5.75 Å². The quantitative estimate of drug-likeness (QED) is 0.427. The second-order valence-corrected chi connectivity index (χ2v) is 8.91. The Bertz CT molecular complexity index is 1090. The van der Waals surface area contributed by atoms with Crippen LogP contribution in [0.3, 0.4) is 0 Å². The number of carboxylic acid groups (broad SMARTS) is 1. The van der Waals surface area contributed by atoms with Crippen molar-refractivity contribution in [1.29, 1.82) is 0 Å². The molecule has 0 atom stereocenters. The molecule has 2 aromatic heterocycles. The number of carbonyl (C=O) groups excluding carboxylic acids is 2. The Morgan fingerprint density at radius 3 is 2.50 bits per heavy atom. The number of amides is 2. The summed E-state index contributed by atoms with van der Waals surface area (Å²) in [5, 5.41) is 19.0. The zero-order chi connectivity index (χ0) is 26.4. The molecule has 1 saturated heterocycles. The SMILES string of the molecule is CC(C)N1CCC(NC(=O)c2c(OCC(F)F)c(C(=O)O)nn2CC(=O)Nc2ccc(Cl)cn2)CC1. The van der Waals surface area contributed by atoms with Crippen LogP contribution in [-0.2, 0) is 11.3 Å². The van der Waals surface area contributed by atoms with E-state index in [4.69, 9.17) is 16.3 Å². The molecule has 3 N–H and O–H groups in total. The molecule has 0 aromatic carbocycles. The molecule has 196 valence electrons. The maximum absolute atomic E-state index is 13.2. The van der Waals surface area contributed by atoms with Crippen LogP contribution in [0.15, 0.2) is 18.3 Å². The van der Waals surface area contributed by atoms with Crippen LogP contribution >= 0.6 is 11.6 Å². The van der Waals surface area contributed by atoms with E-state index in [1.54, 1.807) is 0 Å². The third kappa shape index (κ3) is 7.10. The number of pyridine rings is 1. The van der Waals surface area contributed by atoms with Gasteiger partial charge in [-0.25, -0.2) is 23.2 Å². The molecule has 36 heavy (non-hydrogen) atoms. The average molecular weight is 529 g/mol. The molecular formula is C22H27ClF2N6O5. The van der Waals surface area contributed by atoms with E-state index in [0.29, 0.717) is 23.9 Å². The molecule has 0 radical (unpaired) electrons. The topological polar surface area (TPSA) is 139 Å². The number of rotatable bonds is 10. The molecule has 11 nitrogen and oxygen atoms in total. The van der Waals surface area contributed by atoms with Gasteiger partial charge < -0.3 is 25.4 Å². The molecule has 1 fully saturated rings. The van der Waals surface area contributed by atoms with Crippen LogP contribution in [0.4, 0.5) is 14.6 Å². The molecule has 1 aliphatic rings. The number of ether oxygens (including phenoxy) is 1. The van der Waals surface area contributed by atoms with Crippen LogP contribution in [0.25, 0.3) is 0 Å². The Balaban J connectivity index is 1.85. The lowest BCUT2D eigenvalue weighted by atomic mass is 10.0. The number of likely N-dealkylation sites (tertiary alicyclic amines) is 1. The van der Waals surface area contributed by atoms with Crippen LogP contribution in [-0.4, -0.2) is 80.8 Å². The van der Waals surface area contributed by atoms with Crippen molar-refractivity contribution in [2.45, 2.75) is 51.7 Å². The summed E-state index contributed by atoms with van der Waals surface area (Å²) in [6.07, 6.45) is -0.335. The van der Waals surface area contributed by atoms with Gasteiger partial charge in [-0.1, -0.05) is 11.6 Å². The summed E-state index contributed by atoms with van der Waals surface area (Å²) in [5.41, 5.74) is -1.19. The van der Waals surface area contributed by atoms with E-state index >= 15 is 0 Å². The van der Waals surface area contributed by atoms with Gasteiger partial charge in [-0.2, -0.15) is 5.10 Å². The summed E-state index contributed by atoms with van der Waals surface area (Å²) in [6, 6.07) is 3.06. The zero-order valence-electron chi connectivity index (χ0n) is 19.7. The standard InChI is InChI=1S/C22H27ClF2N6O5/c1-12(2)30-7-5-14(6-8-30)27-21(33)19-20(36-11-15(24)25)18(22(34)35)29-31(19)10-17(32)28-16-4-3-13(23)9-26-16/h3-4,9,12,14-15H,5-8,10-11H2,1-2H3,(H,27,33)(H,34,35)(H,26,28,32). The van der Waals surface area contributed by atoms with Crippen LogP contribution < -0.4 is 15.4 Å². The third-order valence-corrected chi connectivity index (χ3v) is 5.79. The van der Waals surface area contributed by atoms with Crippen molar-refractivity contribution >= 4 is 35.2 Å². The predicted molar refractivity (Wildman–Crippen MR) is 126 cm³/mol. The molecule has 14 heteroatoms. The Morgan fingerprint density at radius 1 is 1.25 bits per heavy atom. The van der Waals surface area contributed by atoms with Crippen LogP contribution in [0.1, 0.15) is 47.7 Å². The first-order valence-electron chi connectivity index (χ1n) is 11.3. The number of alkyl halides is 2. The minimum absolute atomic E-state index is 0.159. The number of aromatic carboxylic acids is 1. The number of carbonyl (C=O) groups is 3.